The van der Waals surface area contributed by atoms with E-state index in [0.29, 0.717) is 16.7 Å². The molecular weight excluding hydrogens is 416 g/mol. The molecular formula is C22H26N4O2S2. The van der Waals surface area contributed by atoms with Crippen LogP contribution in [0.3, 0.4) is 0 Å². The number of hydrogen-bond donors (Lipinski definition) is 2. The van der Waals surface area contributed by atoms with E-state index in [4.69, 9.17) is 0 Å². The number of thioether (sulfide) groups is 1. The summed E-state index contributed by atoms with van der Waals surface area (Å²) >= 11 is 1.47. The largest absolute Gasteiger partial charge is 0.367 e. The Kier molecular flexibility index (Phi) is 7.70. The fourth-order valence-electron chi connectivity index (χ4n) is 2.68. The van der Waals surface area contributed by atoms with Crippen molar-refractivity contribution in [1.29, 1.82) is 0 Å². The van der Waals surface area contributed by atoms with Crippen LogP contribution in [0.2, 0.25) is 0 Å². The van der Waals surface area contributed by atoms with E-state index in [1.54, 1.807) is 18.2 Å². The lowest BCUT2D eigenvalue weighted by molar-refractivity contribution is 0.600. The molecule has 3 rings (SSSR count). The Morgan fingerprint density at radius 3 is 2.17 bits per heavy atom. The number of hydrogen-bond acceptors (Lipinski definition) is 6. The molecule has 0 bridgehead atoms. The SMILES string of the molecule is CC[C@@H](C)Nc1cc(NS(=O)(=O)Cc2ccccc2)nc(SCc2ccccc2)n1. The monoisotopic (exact) mass is 442 g/mol. The van der Waals surface area contributed by atoms with Gasteiger partial charge in [0, 0.05) is 17.9 Å². The summed E-state index contributed by atoms with van der Waals surface area (Å²) < 4.78 is 27.9. The van der Waals surface area contributed by atoms with Crippen LogP contribution in [-0.4, -0.2) is 24.4 Å². The Morgan fingerprint density at radius 2 is 1.53 bits per heavy atom. The van der Waals surface area contributed by atoms with E-state index < -0.39 is 10.0 Å². The maximum atomic E-state index is 12.7. The van der Waals surface area contributed by atoms with Gasteiger partial charge >= 0.3 is 0 Å². The normalized spacial score (nSPS) is 12.3. The molecule has 0 aliphatic heterocycles. The van der Waals surface area contributed by atoms with E-state index in [-0.39, 0.29) is 17.6 Å². The molecule has 0 saturated heterocycles. The molecule has 0 aliphatic rings. The van der Waals surface area contributed by atoms with Gasteiger partial charge in [0.2, 0.25) is 10.0 Å². The van der Waals surface area contributed by atoms with Gasteiger partial charge in [-0.25, -0.2) is 18.4 Å². The van der Waals surface area contributed by atoms with Gasteiger partial charge in [-0.3, -0.25) is 4.72 Å². The summed E-state index contributed by atoms with van der Waals surface area (Å²) in [6, 6.07) is 21.0. The summed E-state index contributed by atoms with van der Waals surface area (Å²) in [6.45, 7) is 4.13. The van der Waals surface area contributed by atoms with Gasteiger partial charge in [0.1, 0.15) is 11.6 Å². The quantitative estimate of drug-likeness (QED) is 0.342. The molecule has 2 N–H and O–H groups in total. The number of aromatic nitrogens is 2. The van der Waals surface area contributed by atoms with Gasteiger partial charge in [-0.2, -0.15) is 0 Å². The summed E-state index contributed by atoms with van der Waals surface area (Å²) in [5.41, 5.74) is 1.87. The zero-order chi connectivity index (χ0) is 21.4. The van der Waals surface area contributed by atoms with Crippen molar-refractivity contribution in [1.82, 2.24) is 9.97 Å². The average Bonchev–Trinajstić information content (AvgIpc) is 2.73. The Hall–Kier alpha value is -2.58. The van der Waals surface area contributed by atoms with Crippen LogP contribution < -0.4 is 10.0 Å². The number of nitrogens with one attached hydrogen (secondary N) is 2. The summed E-state index contributed by atoms with van der Waals surface area (Å²) in [5.74, 6) is 1.46. The van der Waals surface area contributed by atoms with Crippen LogP contribution in [0.25, 0.3) is 0 Å². The van der Waals surface area contributed by atoms with Crippen LogP contribution in [0.15, 0.2) is 71.9 Å². The van der Waals surface area contributed by atoms with Crippen molar-refractivity contribution in [2.24, 2.45) is 0 Å². The minimum absolute atomic E-state index is 0.113. The third kappa shape index (κ3) is 7.03. The highest BCUT2D eigenvalue weighted by atomic mass is 32.2. The fraction of sp³-hybridized carbons (Fsp3) is 0.273. The molecule has 1 aromatic heterocycles. The number of benzene rings is 2. The van der Waals surface area contributed by atoms with Crippen LogP contribution in [0.4, 0.5) is 11.6 Å². The molecule has 158 valence electrons. The molecule has 0 aliphatic carbocycles. The summed E-state index contributed by atoms with van der Waals surface area (Å²) in [7, 11) is -3.60. The van der Waals surface area contributed by atoms with Gasteiger partial charge in [-0.05, 0) is 24.5 Å². The highest BCUT2D eigenvalue weighted by Crippen LogP contribution is 2.24. The first kappa shape index (κ1) is 22.1. The molecule has 30 heavy (non-hydrogen) atoms. The van der Waals surface area contributed by atoms with Gasteiger partial charge in [-0.1, -0.05) is 79.3 Å². The number of nitrogens with zero attached hydrogens (tertiary/aromatic N) is 2. The Labute approximate surface area is 182 Å². The second-order valence-electron chi connectivity index (χ2n) is 7.00. The lowest BCUT2D eigenvalue weighted by atomic mass is 10.2. The number of anilines is 2. The van der Waals surface area contributed by atoms with Crippen molar-refractivity contribution in [3.63, 3.8) is 0 Å². The predicted octanol–water partition coefficient (Wildman–Crippen LogP) is 4.92. The van der Waals surface area contributed by atoms with Gasteiger partial charge in [0.05, 0.1) is 5.75 Å². The van der Waals surface area contributed by atoms with Gasteiger partial charge in [0.25, 0.3) is 0 Å². The highest BCUT2D eigenvalue weighted by molar-refractivity contribution is 7.98. The lowest BCUT2D eigenvalue weighted by Crippen LogP contribution is -2.18. The first-order valence-electron chi connectivity index (χ1n) is 9.80. The molecule has 0 fully saturated rings. The fourth-order valence-corrected chi connectivity index (χ4v) is 4.62. The van der Waals surface area contributed by atoms with E-state index in [1.165, 1.54) is 11.8 Å². The predicted molar refractivity (Wildman–Crippen MR) is 124 cm³/mol. The van der Waals surface area contributed by atoms with Gasteiger partial charge in [0.15, 0.2) is 5.16 Å². The third-order valence-electron chi connectivity index (χ3n) is 4.38. The summed E-state index contributed by atoms with van der Waals surface area (Å²) in [5, 5.41) is 3.82. The molecule has 0 unspecified atom stereocenters. The summed E-state index contributed by atoms with van der Waals surface area (Å²) in [4.78, 5) is 8.99. The highest BCUT2D eigenvalue weighted by Gasteiger charge is 2.15. The molecule has 8 heteroatoms. The van der Waals surface area contributed by atoms with E-state index in [0.717, 1.165) is 17.5 Å². The molecule has 0 amide bonds. The molecule has 1 atom stereocenters. The van der Waals surface area contributed by atoms with E-state index in [2.05, 4.69) is 33.9 Å². The third-order valence-corrected chi connectivity index (χ3v) is 6.53. The molecule has 0 spiro atoms. The van der Waals surface area contributed by atoms with Crippen LogP contribution in [-0.2, 0) is 21.5 Å². The molecule has 3 aromatic rings. The first-order valence-corrected chi connectivity index (χ1v) is 12.4. The van der Waals surface area contributed by atoms with Crippen molar-refractivity contribution in [3.05, 3.63) is 77.9 Å². The minimum atomic E-state index is -3.60. The Morgan fingerprint density at radius 1 is 0.933 bits per heavy atom. The summed E-state index contributed by atoms with van der Waals surface area (Å²) in [6.07, 6.45) is 0.922. The smallest absolute Gasteiger partial charge is 0.238 e. The zero-order valence-corrected chi connectivity index (χ0v) is 18.7. The van der Waals surface area contributed by atoms with E-state index in [9.17, 15) is 8.42 Å². The van der Waals surface area contributed by atoms with Crippen LogP contribution in [0.1, 0.15) is 31.4 Å². The van der Waals surface area contributed by atoms with Crippen LogP contribution in [0, 0.1) is 0 Å². The van der Waals surface area contributed by atoms with Crippen molar-refractivity contribution in [2.75, 3.05) is 10.0 Å². The first-order chi connectivity index (χ1) is 14.4. The minimum Gasteiger partial charge on any atom is -0.367 e. The van der Waals surface area contributed by atoms with Gasteiger partial charge < -0.3 is 5.32 Å². The van der Waals surface area contributed by atoms with Crippen molar-refractivity contribution in [2.45, 2.75) is 43.0 Å². The molecule has 1 heterocycles. The molecule has 0 saturated carbocycles. The topological polar surface area (TPSA) is 84.0 Å². The van der Waals surface area contributed by atoms with Crippen LogP contribution >= 0.6 is 11.8 Å². The second-order valence-corrected chi connectivity index (χ2v) is 9.66. The second kappa shape index (κ2) is 10.4. The maximum absolute atomic E-state index is 12.7. The van der Waals surface area contributed by atoms with Crippen LogP contribution in [0.5, 0.6) is 0 Å². The zero-order valence-electron chi connectivity index (χ0n) is 17.1. The van der Waals surface area contributed by atoms with Crippen molar-refractivity contribution in [3.8, 4) is 0 Å². The van der Waals surface area contributed by atoms with Crippen molar-refractivity contribution >= 4 is 33.4 Å². The molecule has 6 nitrogen and oxygen atoms in total. The number of sulfonamides is 1. The number of rotatable bonds is 10. The standard InChI is InChI=1S/C22H26N4O2S2/c1-3-17(2)23-20-14-21(26-30(27,28)16-19-12-8-5-9-13-19)25-22(24-20)29-15-18-10-6-4-7-11-18/h4-14,17H,3,15-16H2,1-2H3,(H2,23,24,25,26)/t17-/m1/s1. The van der Waals surface area contributed by atoms with E-state index >= 15 is 0 Å². The Balaban J connectivity index is 1.79. The van der Waals surface area contributed by atoms with Crippen molar-refractivity contribution < 1.29 is 8.42 Å². The Bertz CT molecular complexity index is 1050. The lowest BCUT2D eigenvalue weighted by Gasteiger charge is -2.15. The average molecular weight is 443 g/mol. The van der Waals surface area contributed by atoms with E-state index in [1.807, 2.05) is 48.5 Å². The van der Waals surface area contributed by atoms with Gasteiger partial charge in [-0.15, -0.1) is 0 Å². The maximum Gasteiger partial charge on any atom is 0.238 e. The molecule has 0 radical (unpaired) electrons. The molecule has 2 aromatic carbocycles.